The Labute approximate surface area is 163 Å². The van der Waals surface area contributed by atoms with E-state index in [9.17, 15) is 19.7 Å². The fourth-order valence-electron chi connectivity index (χ4n) is 2.41. The molecular formula is C20H23N3O5. The highest BCUT2D eigenvalue weighted by Crippen LogP contribution is 2.16. The molecule has 2 N–H and O–H groups in total. The fraction of sp³-hybridized carbons (Fsp3) is 0.300. The normalized spacial score (nSPS) is 12.0. The molecule has 0 spiro atoms. The number of esters is 1. The van der Waals surface area contributed by atoms with Gasteiger partial charge < -0.3 is 15.4 Å². The van der Waals surface area contributed by atoms with Crippen molar-refractivity contribution in [2.24, 2.45) is 0 Å². The Balaban J connectivity index is 2.08. The molecule has 0 saturated heterocycles. The van der Waals surface area contributed by atoms with Crippen LogP contribution in [0, 0.1) is 10.1 Å². The maximum atomic E-state index is 12.5. The molecule has 8 heteroatoms. The second-order valence-electron chi connectivity index (χ2n) is 7.18. The van der Waals surface area contributed by atoms with Gasteiger partial charge in [-0.1, -0.05) is 30.3 Å². The molecule has 2 aromatic rings. The summed E-state index contributed by atoms with van der Waals surface area (Å²) in [7, 11) is 0. The first kappa shape index (κ1) is 20.9. The number of benzene rings is 2. The van der Waals surface area contributed by atoms with Crippen LogP contribution in [0.15, 0.2) is 54.6 Å². The lowest BCUT2D eigenvalue weighted by atomic mass is 10.1. The number of nitrogens with zero attached hydrogens (tertiary/aromatic N) is 1. The molecule has 8 nitrogen and oxygen atoms in total. The summed E-state index contributed by atoms with van der Waals surface area (Å²) in [4.78, 5) is 35.0. The fourth-order valence-corrected chi connectivity index (χ4v) is 2.41. The number of urea groups is 1. The van der Waals surface area contributed by atoms with E-state index in [1.807, 2.05) is 30.3 Å². The zero-order valence-corrected chi connectivity index (χ0v) is 16.0. The third-order valence-electron chi connectivity index (χ3n) is 3.62. The number of hydrogen-bond donors (Lipinski definition) is 2. The molecule has 0 saturated carbocycles. The average Bonchev–Trinajstić information content (AvgIpc) is 2.61. The summed E-state index contributed by atoms with van der Waals surface area (Å²) in [5.74, 6) is -0.546. The molecule has 0 aliphatic carbocycles. The largest absolute Gasteiger partial charge is 0.458 e. The van der Waals surface area contributed by atoms with E-state index in [1.54, 1.807) is 20.8 Å². The minimum Gasteiger partial charge on any atom is -0.458 e. The van der Waals surface area contributed by atoms with Crippen molar-refractivity contribution < 1.29 is 19.2 Å². The highest BCUT2D eigenvalue weighted by atomic mass is 16.6. The molecule has 0 radical (unpaired) electrons. The number of ether oxygens (including phenoxy) is 1. The second-order valence-corrected chi connectivity index (χ2v) is 7.18. The van der Waals surface area contributed by atoms with Gasteiger partial charge in [0.25, 0.3) is 5.69 Å². The first-order chi connectivity index (χ1) is 13.1. The number of rotatable bonds is 6. The van der Waals surface area contributed by atoms with Crippen molar-refractivity contribution >= 4 is 23.4 Å². The van der Waals surface area contributed by atoms with Crippen molar-refractivity contribution in [2.75, 3.05) is 5.32 Å². The van der Waals surface area contributed by atoms with Crippen molar-refractivity contribution in [3.05, 3.63) is 70.3 Å². The molecule has 1 unspecified atom stereocenters. The lowest BCUT2D eigenvalue weighted by Gasteiger charge is -2.24. The Bertz CT molecular complexity index is 829. The van der Waals surface area contributed by atoms with Gasteiger partial charge in [0.2, 0.25) is 0 Å². The molecule has 0 fully saturated rings. The third kappa shape index (κ3) is 6.71. The quantitative estimate of drug-likeness (QED) is 0.448. The van der Waals surface area contributed by atoms with Crippen LogP contribution in [-0.4, -0.2) is 28.6 Å². The van der Waals surface area contributed by atoms with Crippen LogP contribution in [0.4, 0.5) is 16.2 Å². The molecule has 2 aromatic carbocycles. The minimum absolute atomic E-state index is 0.0818. The van der Waals surface area contributed by atoms with Crippen LogP contribution in [0.2, 0.25) is 0 Å². The molecule has 1 atom stereocenters. The highest BCUT2D eigenvalue weighted by Gasteiger charge is 2.27. The Morgan fingerprint density at radius 2 is 1.68 bits per heavy atom. The third-order valence-corrected chi connectivity index (χ3v) is 3.62. The van der Waals surface area contributed by atoms with Crippen LogP contribution >= 0.6 is 0 Å². The molecule has 0 bridgehead atoms. The standard InChI is InChI=1S/C20H23N3O5/c1-20(2,3)28-18(24)17(13-14-7-5-4-6-8-14)22-19(25)21-15-9-11-16(12-10-15)23(26)27/h4-12,17H,13H2,1-3H3,(H2,21,22,25). The number of nitrogens with one attached hydrogen (secondary N) is 2. The Morgan fingerprint density at radius 3 is 2.21 bits per heavy atom. The van der Waals surface area contributed by atoms with Crippen molar-refractivity contribution in [3.8, 4) is 0 Å². The number of anilines is 1. The molecular weight excluding hydrogens is 362 g/mol. The van der Waals surface area contributed by atoms with E-state index in [4.69, 9.17) is 4.74 Å². The van der Waals surface area contributed by atoms with E-state index < -0.39 is 28.6 Å². The maximum Gasteiger partial charge on any atom is 0.329 e. The van der Waals surface area contributed by atoms with Gasteiger partial charge in [0.05, 0.1) is 4.92 Å². The smallest absolute Gasteiger partial charge is 0.329 e. The number of carbonyl (C=O) groups is 2. The van der Waals surface area contributed by atoms with Gasteiger partial charge in [-0.15, -0.1) is 0 Å². The second kappa shape index (κ2) is 8.98. The first-order valence-electron chi connectivity index (χ1n) is 8.73. The molecule has 0 aliphatic rings. The van der Waals surface area contributed by atoms with Gasteiger partial charge >= 0.3 is 12.0 Å². The Morgan fingerprint density at radius 1 is 1.07 bits per heavy atom. The van der Waals surface area contributed by atoms with E-state index in [1.165, 1.54) is 24.3 Å². The predicted octanol–water partition coefficient (Wildman–Crippen LogP) is 3.67. The average molecular weight is 385 g/mol. The molecule has 2 rings (SSSR count). The minimum atomic E-state index is -0.889. The van der Waals surface area contributed by atoms with E-state index in [2.05, 4.69) is 10.6 Å². The van der Waals surface area contributed by atoms with E-state index in [0.29, 0.717) is 5.69 Å². The van der Waals surface area contributed by atoms with Gasteiger partial charge in [0, 0.05) is 24.2 Å². The Kier molecular flexibility index (Phi) is 6.70. The molecule has 0 aromatic heterocycles. The topological polar surface area (TPSA) is 111 Å². The number of nitro groups is 1. The summed E-state index contributed by atoms with van der Waals surface area (Å²) in [5.41, 5.74) is 0.462. The Hall–Kier alpha value is -3.42. The van der Waals surface area contributed by atoms with Crippen LogP contribution in [0.25, 0.3) is 0 Å². The van der Waals surface area contributed by atoms with E-state index >= 15 is 0 Å². The first-order valence-corrected chi connectivity index (χ1v) is 8.73. The van der Waals surface area contributed by atoms with Crippen molar-refractivity contribution in [1.82, 2.24) is 5.32 Å². The summed E-state index contributed by atoms with van der Waals surface area (Å²) in [6.45, 7) is 5.25. The van der Waals surface area contributed by atoms with Gasteiger partial charge in [-0.2, -0.15) is 0 Å². The molecule has 148 valence electrons. The summed E-state index contributed by atoms with van der Waals surface area (Å²) in [6, 6.07) is 13.2. The molecule has 0 aliphatic heterocycles. The van der Waals surface area contributed by atoms with Crippen molar-refractivity contribution in [3.63, 3.8) is 0 Å². The lowest BCUT2D eigenvalue weighted by molar-refractivity contribution is -0.384. The molecule has 0 heterocycles. The van der Waals surface area contributed by atoms with Crippen LogP contribution in [0.5, 0.6) is 0 Å². The zero-order valence-electron chi connectivity index (χ0n) is 16.0. The number of hydrogen-bond acceptors (Lipinski definition) is 5. The summed E-state index contributed by atoms with van der Waals surface area (Å²) < 4.78 is 5.41. The van der Waals surface area contributed by atoms with E-state index in [-0.39, 0.29) is 12.1 Å². The van der Waals surface area contributed by atoms with Crippen molar-refractivity contribution in [2.45, 2.75) is 38.8 Å². The molecule has 28 heavy (non-hydrogen) atoms. The SMILES string of the molecule is CC(C)(C)OC(=O)C(Cc1ccccc1)NC(=O)Nc1ccc([N+](=O)[O-])cc1. The van der Waals surface area contributed by atoms with E-state index in [0.717, 1.165) is 5.56 Å². The van der Waals surface area contributed by atoms with Gasteiger partial charge in [-0.3, -0.25) is 10.1 Å². The number of non-ortho nitro benzene ring substituents is 1. The van der Waals surface area contributed by atoms with Gasteiger partial charge in [0.15, 0.2) is 0 Å². The van der Waals surface area contributed by atoms with Crippen molar-refractivity contribution in [1.29, 1.82) is 0 Å². The molecule has 2 amide bonds. The van der Waals surface area contributed by atoms with Crippen LogP contribution < -0.4 is 10.6 Å². The lowest BCUT2D eigenvalue weighted by Crippen LogP contribution is -2.47. The summed E-state index contributed by atoms with van der Waals surface area (Å²) in [5, 5.41) is 15.9. The monoisotopic (exact) mass is 385 g/mol. The predicted molar refractivity (Wildman–Crippen MR) is 105 cm³/mol. The maximum absolute atomic E-state index is 12.5. The summed E-state index contributed by atoms with van der Waals surface area (Å²) >= 11 is 0. The number of nitro benzene ring substituents is 1. The van der Waals surface area contributed by atoms with Gasteiger partial charge in [0.1, 0.15) is 11.6 Å². The van der Waals surface area contributed by atoms with Gasteiger partial charge in [-0.25, -0.2) is 9.59 Å². The number of carbonyl (C=O) groups excluding carboxylic acids is 2. The zero-order chi connectivity index (χ0) is 20.7. The number of amides is 2. The summed E-state index contributed by atoms with van der Waals surface area (Å²) in [6.07, 6.45) is 0.267. The van der Waals surface area contributed by atoms with Crippen LogP contribution in [0.3, 0.4) is 0 Å². The van der Waals surface area contributed by atoms with Crippen LogP contribution in [-0.2, 0) is 16.0 Å². The highest BCUT2D eigenvalue weighted by molar-refractivity contribution is 5.92. The van der Waals surface area contributed by atoms with Crippen LogP contribution in [0.1, 0.15) is 26.3 Å². The van der Waals surface area contributed by atoms with Gasteiger partial charge in [-0.05, 0) is 38.5 Å².